The molecule has 0 unspecified atom stereocenters. The van der Waals surface area contributed by atoms with Crippen molar-refractivity contribution < 1.29 is 18.0 Å². The van der Waals surface area contributed by atoms with Crippen LogP contribution in [0.2, 0.25) is 0 Å². The summed E-state index contributed by atoms with van der Waals surface area (Å²) in [5.74, 6) is -0.648. The average molecular weight is 488 g/mol. The summed E-state index contributed by atoms with van der Waals surface area (Å²) in [6.07, 6.45) is 3.31. The molecule has 8 heteroatoms. The quantitative estimate of drug-likeness (QED) is 0.462. The molecule has 2 aromatic rings. The third-order valence-electron chi connectivity index (χ3n) is 5.72. The molecule has 0 fully saturated rings. The van der Waals surface area contributed by atoms with Gasteiger partial charge in [0.05, 0.1) is 11.9 Å². The molecule has 1 atom stereocenters. The minimum atomic E-state index is -3.74. The second-order valence-electron chi connectivity index (χ2n) is 8.64. The predicted octanol–water partition coefficient (Wildman–Crippen LogP) is 3.79. The Labute approximate surface area is 204 Å². The normalized spacial score (nSPS) is 12.1. The van der Waals surface area contributed by atoms with Crippen LogP contribution in [-0.2, 0) is 26.2 Å². The summed E-state index contributed by atoms with van der Waals surface area (Å²) in [5.41, 5.74) is 2.98. The molecule has 0 aliphatic heterocycles. The van der Waals surface area contributed by atoms with Crippen LogP contribution in [-0.4, -0.2) is 50.5 Å². The number of carbonyl (C=O) groups excluding carboxylic acids is 2. The van der Waals surface area contributed by atoms with Gasteiger partial charge >= 0.3 is 0 Å². The van der Waals surface area contributed by atoms with Gasteiger partial charge in [-0.15, -0.1) is 0 Å². The van der Waals surface area contributed by atoms with Gasteiger partial charge in [-0.2, -0.15) is 0 Å². The van der Waals surface area contributed by atoms with E-state index in [1.54, 1.807) is 6.07 Å². The lowest BCUT2D eigenvalue weighted by atomic mass is 10.1. The molecule has 0 aliphatic carbocycles. The zero-order chi connectivity index (χ0) is 25.3. The highest BCUT2D eigenvalue weighted by Gasteiger charge is 2.32. The van der Waals surface area contributed by atoms with Gasteiger partial charge in [-0.1, -0.05) is 62.7 Å². The van der Waals surface area contributed by atoms with Crippen molar-refractivity contribution in [1.29, 1.82) is 0 Å². The Morgan fingerprint density at radius 1 is 1.03 bits per heavy atom. The number of sulfonamides is 1. The largest absolute Gasteiger partial charge is 0.354 e. The zero-order valence-corrected chi connectivity index (χ0v) is 21.7. The first kappa shape index (κ1) is 27.4. The first-order chi connectivity index (χ1) is 16.1. The van der Waals surface area contributed by atoms with Crippen LogP contribution in [0.1, 0.15) is 49.8 Å². The molecule has 0 bridgehead atoms. The van der Waals surface area contributed by atoms with Crippen molar-refractivity contribution in [1.82, 2.24) is 10.2 Å². The van der Waals surface area contributed by atoms with E-state index in [1.165, 1.54) is 4.90 Å². The third kappa shape index (κ3) is 7.58. The zero-order valence-electron chi connectivity index (χ0n) is 20.9. The maximum absolute atomic E-state index is 13.6. The molecule has 2 amide bonds. The van der Waals surface area contributed by atoms with Crippen molar-refractivity contribution in [3.8, 4) is 0 Å². The van der Waals surface area contributed by atoms with E-state index in [9.17, 15) is 18.0 Å². The van der Waals surface area contributed by atoms with Gasteiger partial charge in [-0.05, 0) is 49.4 Å². The summed E-state index contributed by atoms with van der Waals surface area (Å²) in [6.45, 7) is 7.96. The van der Waals surface area contributed by atoms with Crippen LogP contribution in [0.4, 0.5) is 5.69 Å². The molecule has 0 saturated heterocycles. The SMILES string of the molecule is CCCCNC(=O)[C@@H](CC)N(Cc1ccccc1)C(=O)CN(c1cc(C)ccc1C)S(C)(=O)=O. The fraction of sp³-hybridized carbons (Fsp3) is 0.462. The van der Waals surface area contributed by atoms with Gasteiger partial charge in [-0.25, -0.2) is 8.42 Å². The van der Waals surface area contributed by atoms with E-state index in [1.807, 2.05) is 70.2 Å². The van der Waals surface area contributed by atoms with E-state index in [0.717, 1.165) is 40.1 Å². The lowest BCUT2D eigenvalue weighted by Gasteiger charge is -2.33. The van der Waals surface area contributed by atoms with Crippen molar-refractivity contribution in [2.75, 3.05) is 23.7 Å². The number of hydrogen-bond donors (Lipinski definition) is 1. The number of nitrogens with zero attached hydrogens (tertiary/aromatic N) is 2. The number of benzene rings is 2. The first-order valence-electron chi connectivity index (χ1n) is 11.7. The van der Waals surface area contributed by atoms with Gasteiger partial charge in [0.2, 0.25) is 21.8 Å². The molecular weight excluding hydrogens is 450 g/mol. The highest BCUT2D eigenvalue weighted by molar-refractivity contribution is 7.92. The Hall–Kier alpha value is -2.87. The number of nitrogens with one attached hydrogen (secondary N) is 1. The second kappa shape index (κ2) is 12.6. The van der Waals surface area contributed by atoms with Crippen LogP contribution in [0.25, 0.3) is 0 Å². The van der Waals surface area contributed by atoms with Crippen LogP contribution in [0.5, 0.6) is 0 Å². The number of hydrogen-bond acceptors (Lipinski definition) is 4. The summed E-state index contributed by atoms with van der Waals surface area (Å²) in [5, 5.41) is 2.92. The van der Waals surface area contributed by atoms with E-state index in [-0.39, 0.29) is 19.0 Å². The lowest BCUT2D eigenvalue weighted by molar-refractivity contribution is -0.140. The molecule has 0 aromatic heterocycles. The van der Waals surface area contributed by atoms with E-state index in [0.29, 0.717) is 18.7 Å². The van der Waals surface area contributed by atoms with Crippen LogP contribution >= 0.6 is 0 Å². The molecule has 2 aromatic carbocycles. The van der Waals surface area contributed by atoms with Gasteiger partial charge in [0, 0.05) is 13.1 Å². The highest BCUT2D eigenvalue weighted by atomic mass is 32.2. The van der Waals surface area contributed by atoms with Crippen LogP contribution in [0, 0.1) is 13.8 Å². The van der Waals surface area contributed by atoms with Crippen LogP contribution < -0.4 is 9.62 Å². The maximum Gasteiger partial charge on any atom is 0.244 e. The minimum absolute atomic E-state index is 0.212. The molecule has 34 heavy (non-hydrogen) atoms. The van der Waals surface area contributed by atoms with E-state index in [2.05, 4.69) is 5.32 Å². The number of unbranched alkanes of at least 4 members (excludes halogenated alkanes) is 1. The van der Waals surface area contributed by atoms with E-state index >= 15 is 0 Å². The standard InChI is InChI=1S/C26H37N3O4S/c1-6-8-16-27-26(31)23(7-2)28(18-22-12-10-9-11-13-22)25(30)19-29(34(5,32)33)24-17-20(3)14-15-21(24)4/h9-15,17,23H,6-8,16,18-19H2,1-5H3,(H,27,31)/t23-/m1/s1. The first-order valence-corrected chi connectivity index (χ1v) is 13.6. The Kier molecular flexibility index (Phi) is 10.1. The third-order valence-corrected chi connectivity index (χ3v) is 6.85. The Morgan fingerprint density at radius 2 is 1.71 bits per heavy atom. The summed E-state index contributed by atoms with van der Waals surface area (Å²) in [6, 6.07) is 14.2. The van der Waals surface area contributed by atoms with Crippen molar-refractivity contribution in [3.63, 3.8) is 0 Å². The lowest BCUT2D eigenvalue weighted by Crippen LogP contribution is -2.52. The van der Waals surface area contributed by atoms with Crippen molar-refractivity contribution in [3.05, 3.63) is 65.2 Å². The number of rotatable bonds is 12. The molecular formula is C26H37N3O4S. The van der Waals surface area contributed by atoms with E-state index < -0.39 is 22.0 Å². The van der Waals surface area contributed by atoms with Crippen molar-refractivity contribution >= 4 is 27.5 Å². The molecule has 1 N–H and O–H groups in total. The second-order valence-corrected chi connectivity index (χ2v) is 10.5. The van der Waals surface area contributed by atoms with E-state index in [4.69, 9.17) is 0 Å². The molecule has 0 spiro atoms. The van der Waals surface area contributed by atoms with Gasteiger partial charge < -0.3 is 10.2 Å². The topological polar surface area (TPSA) is 86.8 Å². The minimum Gasteiger partial charge on any atom is -0.354 e. The fourth-order valence-electron chi connectivity index (χ4n) is 3.79. The molecule has 0 aliphatic rings. The Morgan fingerprint density at radius 3 is 2.29 bits per heavy atom. The maximum atomic E-state index is 13.6. The summed E-state index contributed by atoms with van der Waals surface area (Å²) in [4.78, 5) is 28.1. The Balaban J connectivity index is 2.41. The molecule has 186 valence electrons. The Bertz CT molecular complexity index is 1070. The average Bonchev–Trinajstić information content (AvgIpc) is 2.79. The number of aryl methyl sites for hydroxylation is 2. The predicted molar refractivity (Wildman–Crippen MR) is 137 cm³/mol. The molecule has 7 nitrogen and oxygen atoms in total. The van der Waals surface area contributed by atoms with Gasteiger partial charge in [0.15, 0.2) is 0 Å². The number of anilines is 1. The van der Waals surface area contributed by atoms with Crippen molar-refractivity contribution in [2.24, 2.45) is 0 Å². The van der Waals surface area contributed by atoms with Gasteiger partial charge in [0.25, 0.3) is 0 Å². The molecule has 0 radical (unpaired) electrons. The van der Waals surface area contributed by atoms with Gasteiger partial charge in [0.1, 0.15) is 12.6 Å². The summed E-state index contributed by atoms with van der Waals surface area (Å²) >= 11 is 0. The number of carbonyl (C=O) groups is 2. The fourth-order valence-corrected chi connectivity index (χ4v) is 4.69. The monoisotopic (exact) mass is 487 g/mol. The smallest absolute Gasteiger partial charge is 0.244 e. The molecule has 2 rings (SSSR count). The van der Waals surface area contributed by atoms with Crippen molar-refractivity contribution in [2.45, 2.75) is 59.5 Å². The van der Waals surface area contributed by atoms with Crippen LogP contribution in [0.15, 0.2) is 48.5 Å². The number of amides is 2. The van der Waals surface area contributed by atoms with Crippen LogP contribution in [0.3, 0.4) is 0 Å². The van der Waals surface area contributed by atoms with Gasteiger partial charge in [-0.3, -0.25) is 13.9 Å². The summed E-state index contributed by atoms with van der Waals surface area (Å²) < 4.78 is 26.6. The highest BCUT2D eigenvalue weighted by Crippen LogP contribution is 2.24. The molecule has 0 heterocycles. The summed E-state index contributed by atoms with van der Waals surface area (Å²) in [7, 11) is -3.74. The molecule has 0 saturated carbocycles.